The number of carbonyl (C=O) groups is 1. The van der Waals surface area contributed by atoms with Gasteiger partial charge in [-0.1, -0.05) is 27.7 Å². The summed E-state index contributed by atoms with van der Waals surface area (Å²) >= 11 is 0. The first kappa shape index (κ1) is 40.6. The average Bonchev–Trinajstić information content (AvgIpc) is 3.96. The van der Waals surface area contributed by atoms with Crippen molar-refractivity contribution in [3.63, 3.8) is 0 Å². The number of rotatable bonds is 12. The Hall–Kier alpha value is -6.75. The number of H-pyrrole nitrogens is 1. The summed E-state index contributed by atoms with van der Waals surface area (Å²) in [4.78, 5) is 46.1. The van der Waals surface area contributed by atoms with E-state index >= 15 is 0 Å². The Balaban J connectivity index is 0.888. The number of nitrogens with one attached hydrogen (secondary N) is 1. The second-order valence-corrected chi connectivity index (χ2v) is 16.3. The van der Waals surface area contributed by atoms with Gasteiger partial charge in [-0.25, -0.2) is 24.2 Å². The second-order valence-electron chi connectivity index (χ2n) is 16.3. The van der Waals surface area contributed by atoms with Gasteiger partial charge in [0.25, 0.3) is 5.56 Å². The highest BCUT2D eigenvalue weighted by atomic mass is 16.6. The number of cyclic esters (lactones) is 1. The fourth-order valence-corrected chi connectivity index (χ4v) is 8.82. The number of aliphatic hydroxyl groups excluding tert-OH is 1. The minimum atomic E-state index is -1.90. The third-order valence-electron chi connectivity index (χ3n) is 12.4. The molecule has 16 heteroatoms. The number of hydrogen-bond donors (Lipinski definition) is 5. The summed E-state index contributed by atoms with van der Waals surface area (Å²) in [7, 11) is 1.82. The molecule has 3 aromatic carbocycles. The molecule has 0 spiro atoms. The number of aliphatic hydroxyl groups is 2. The Morgan fingerprint density at radius 1 is 1.00 bits per heavy atom. The molecule has 4 aromatic heterocycles. The monoisotopic (exact) mass is 841 g/mol. The molecule has 9 rings (SSSR count). The minimum absolute atomic E-state index is 0.00215. The van der Waals surface area contributed by atoms with Crippen LogP contribution < -0.4 is 16.0 Å². The molecule has 16 nitrogen and oxygen atoms in total. The molecule has 0 amide bonds. The van der Waals surface area contributed by atoms with E-state index in [0.29, 0.717) is 65.5 Å². The van der Waals surface area contributed by atoms with Gasteiger partial charge in [-0.3, -0.25) is 9.69 Å². The lowest BCUT2D eigenvalue weighted by Gasteiger charge is -2.31. The maximum Gasteiger partial charge on any atom is 0.348 e. The normalized spacial score (nSPS) is 16.2. The van der Waals surface area contributed by atoms with Crippen LogP contribution in [0, 0.1) is 0 Å². The van der Waals surface area contributed by atoms with Crippen molar-refractivity contribution in [1.29, 1.82) is 0 Å². The molecule has 62 heavy (non-hydrogen) atoms. The predicted molar refractivity (Wildman–Crippen MR) is 231 cm³/mol. The van der Waals surface area contributed by atoms with Gasteiger partial charge >= 0.3 is 11.7 Å². The van der Waals surface area contributed by atoms with Crippen LogP contribution in [-0.4, -0.2) is 86.6 Å². The Kier molecular flexibility index (Phi) is 10.0. The first-order valence-electron chi connectivity index (χ1n) is 20.7. The molecule has 320 valence electrons. The third-order valence-corrected chi connectivity index (χ3v) is 12.4. The number of ether oxygens (including phenoxy) is 2. The number of hydrogen-bond acceptors (Lipinski definition) is 12. The number of aromatic amines is 1. The van der Waals surface area contributed by atoms with E-state index in [-0.39, 0.29) is 59.6 Å². The first-order chi connectivity index (χ1) is 29.7. The lowest BCUT2D eigenvalue weighted by Crippen LogP contribution is -2.44. The number of phenols is 2. The molecule has 0 bridgehead atoms. The van der Waals surface area contributed by atoms with Crippen molar-refractivity contribution >= 4 is 27.8 Å². The van der Waals surface area contributed by atoms with Gasteiger partial charge in [0, 0.05) is 52.8 Å². The summed E-state index contributed by atoms with van der Waals surface area (Å²) in [6.07, 6.45) is 1.74. The van der Waals surface area contributed by atoms with Crippen LogP contribution in [0.5, 0.6) is 17.2 Å². The number of benzene rings is 3. The zero-order valence-electron chi connectivity index (χ0n) is 35.0. The second kappa shape index (κ2) is 15.3. The third kappa shape index (κ3) is 6.53. The van der Waals surface area contributed by atoms with E-state index < -0.39 is 23.5 Å². The summed E-state index contributed by atoms with van der Waals surface area (Å²) < 4.78 is 16.4. The molecule has 5 N–H and O–H groups in total. The summed E-state index contributed by atoms with van der Waals surface area (Å²) in [5, 5.41) is 51.9. The highest BCUT2D eigenvalue weighted by Gasteiger charge is 2.45. The molecule has 0 radical (unpaired) electrons. The van der Waals surface area contributed by atoms with Crippen molar-refractivity contribution in [3.05, 3.63) is 116 Å². The van der Waals surface area contributed by atoms with Crippen molar-refractivity contribution in [2.45, 2.75) is 78.0 Å². The molecule has 2 atom stereocenters. The number of carbonyl (C=O) groups excluding carboxylic acids is 1. The van der Waals surface area contributed by atoms with Crippen LogP contribution in [0.4, 0.5) is 0 Å². The Morgan fingerprint density at radius 2 is 1.81 bits per heavy atom. The topological polar surface area (TPSA) is 210 Å². The number of aryl methyl sites for hydroxylation is 1. The highest BCUT2D eigenvalue weighted by Crippen LogP contribution is 2.41. The number of likely N-dealkylation sites (N-methyl/N-ethyl adjacent to an activating group) is 1. The first-order valence-corrected chi connectivity index (χ1v) is 20.7. The zero-order valence-corrected chi connectivity index (χ0v) is 35.0. The zero-order chi connectivity index (χ0) is 43.8. The van der Waals surface area contributed by atoms with E-state index in [0.717, 1.165) is 27.4 Å². The number of nitrogens with zero attached hydrogens (tertiary/aromatic N) is 6. The molecule has 6 heterocycles. The van der Waals surface area contributed by atoms with Gasteiger partial charge in [0.2, 0.25) is 0 Å². The molecular weight excluding hydrogens is 795 g/mol. The average molecular weight is 842 g/mol. The quantitative estimate of drug-likeness (QED) is 0.0813. The number of pyridine rings is 2. The van der Waals surface area contributed by atoms with Crippen LogP contribution in [0.15, 0.2) is 76.4 Å². The predicted octanol–water partition coefficient (Wildman–Crippen LogP) is 5.00. The van der Waals surface area contributed by atoms with Gasteiger partial charge in [-0.15, -0.1) is 0 Å². The summed E-state index contributed by atoms with van der Waals surface area (Å²) in [5.41, 5.74) is 4.06. The van der Waals surface area contributed by atoms with Crippen LogP contribution >= 0.6 is 0 Å². The van der Waals surface area contributed by atoms with E-state index in [1.807, 2.05) is 64.3 Å². The van der Waals surface area contributed by atoms with Crippen molar-refractivity contribution in [3.8, 4) is 45.7 Å². The van der Waals surface area contributed by atoms with E-state index in [2.05, 4.69) is 14.8 Å². The molecule has 0 aliphatic carbocycles. The molecule has 0 saturated carbocycles. The molecule has 2 aliphatic heterocycles. The summed E-state index contributed by atoms with van der Waals surface area (Å²) in [6, 6.07) is 17.7. The number of aromatic hydroxyl groups is 2. The van der Waals surface area contributed by atoms with Crippen LogP contribution in [0.2, 0.25) is 0 Å². The SMILES string of the molecule is CCc1c2c(nc3ccc(OCC(O)N(C)CCn4ccc5cc(-n6c(-c7cc(C(C)C)c(O)cc7O)n[nH]c6=O)ccc54)cc13)-c1cc3c(c(=O)n1C2)COC(=O)C3(O)CC. The maximum absolute atomic E-state index is 13.7. The molecule has 2 unspecified atom stereocenters. The fraction of sp³-hybridized carbons (Fsp3) is 0.326. The van der Waals surface area contributed by atoms with Crippen LogP contribution in [-0.2, 0) is 41.2 Å². The van der Waals surface area contributed by atoms with E-state index in [1.54, 1.807) is 40.7 Å². The van der Waals surface area contributed by atoms with Crippen molar-refractivity contribution < 1.29 is 34.7 Å². The summed E-state index contributed by atoms with van der Waals surface area (Å²) in [5.74, 6) is -0.252. The van der Waals surface area contributed by atoms with Gasteiger partial charge in [-0.05, 0) is 91.5 Å². The molecule has 0 saturated heterocycles. The summed E-state index contributed by atoms with van der Waals surface area (Å²) in [6.45, 7) is 8.71. The molecular formula is C46H47N7O9. The number of esters is 1. The standard InChI is InChI=1S/C46H47N7O9/c1-6-28-30-17-27(9-10-35(30)47-41-32(28)21-52-37(41)19-34-33(43(52)57)22-62-44(58)46(34,60)7-2)61-23-40(56)50(5)14-15-51-13-12-25-16-26(8-11-36(25)51)53-42(48-49-45(53)59)31-18-29(24(3)4)38(54)20-39(31)55/h8-13,16-20,24,40,54-56,60H,6-7,14-15,21-23H2,1-5H3,(H,49,59). The molecule has 7 aromatic rings. The van der Waals surface area contributed by atoms with Crippen molar-refractivity contribution in [2.24, 2.45) is 0 Å². The van der Waals surface area contributed by atoms with Crippen molar-refractivity contribution in [2.75, 3.05) is 20.2 Å². The fourth-order valence-electron chi connectivity index (χ4n) is 8.82. The Bertz CT molecular complexity index is 3070. The minimum Gasteiger partial charge on any atom is -0.508 e. The maximum atomic E-state index is 13.7. The van der Waals surface area contributed by atoms with Crippen LogP contribution in [0.3, 0.4) is 0 Å². The lowest BCUT2D eigenvalue weighted by atomic mass is 9.86. The van der Waals surface area contributed by atoms with Gasteiger partial charge in [0.05, 0.1) is 40.3 Å². The Morgan fingerprint density at radius 3 is 2.56 bits per heavy atom. The lowest BCUT2D eigenvalue weighted by molar-refractivity contribution is -0.172. The Labute approximate surface area is 354 Å². The highest BCUT2D eigenvalue weighted by molar-refractivity contribution is 5.90. The van der Waals surface area contributed by atoms with Gasteiger partial charge in [0.15, 0.2) is 11.4 Å². The van der Waals surface area contributed by atoms with E-state index in [4.69, 9.17) is 14.5 Å². The number of fused-ring (bicyclic) bond motifs is 6. The van der Waals surface area contributed by atoms with Crippen LogP contribution in [0.25, 0.3) is 50.3 Å². The number of aromatic nitrogens is 6. The largest absolute Gasteiger partial charge is 0.508 e. The van der Waals surface area contributed by atoms with Gasteiger partial charge in [0.1, 0.15) is 36.7 Å². The molecule has 0 fully saturated rings. The molecule has 2 aliphatic rings. The van der Waals surface area contributed by atoms with Gasteiger partial charge in [-0.2, -0.15) is 5.10 Å². The van der Waals surface area contributed by atoms with Gasteiger partial charge < -0.3 is 39.0 Å². The van der Waals surface area contributed by atoms with Crippen LogP contribution in [0.1, 0.15) is 67.9 Å². The van der Waals surface area contributed by atoms with E-state index in [1.165, 1.54) is 10.6 Å². The van der Waals surface area contributed by atoms with E-state index in [9.17, 15) is 34.8 Å². The number of phenolic OH excluding ortho intramolecular Hbond substituents is 2. The van der Waals surface area contributed by atoms with Crippen molar-refractivity contribution in [1.82, 2.24) is 33.8 Å². The smallest absolute Gasteiger partial charge is 0.348 e.